The summed E-state index contributed by atoms with van der Waals surface area (Å²) in [5, 5.41) is 12.2. The predicted octanol–water partition coefficient (Wildman–Crippen LogP) is 3.70. The minimum Gasteiger partial charge on any atom is -0.497 e. The molecule has 0 bridgehead atoms. The van der Waals surface area contributed by atoms with E-state index >= 15 is 0 Å². The van der Waals surface area contributed by atoms with E-state index in [0.717, 1.165) is 42.9 Å². The highest BCUT2D eigenvalue weighted by Gasteiger charge is 2.31. The Labute approximate surface area is 207 Å². The molecule has 1 N–H and O–H groups in total. The zero-order valence-electron chi connectivity index (χ0n) is 20.5. The molecule has 0 saturated heterocycles. The summed E-state index contributed by atoms with van der Waals surface area (Å²) in [6, 6.07) is 15.7. The van der Waals surface area contributed by atoms with Crippen molar-refractivity contribution >= 4 is 5.91 Å². The third kappa shape index (κ3) is 6.09. The summed E-state index contributed by atoms with van der Waals surface area (Å²) in [7, 11) is 1.69. The number of benzene rings is 2. The Morgan fingerprint density at radius 1 is 1.23 bits per heavy atom. The molecule has 7 nitrogen and oxygen atoms in total. The van der Waals surface area contributed by atoms with E-state index in [1.54, 1.807) is 7.11 Å². The van der Waals surface area contributed by atoms with E-state index in [4.69, 9.17) is 10.00 Å². The Morgan fingerprint density at radius 3 is 2.80 bits per heavy atom. The van der Waals surface area contributed by atoms with E-state index in [-0.39, 0.29) is 11.9 Å². The Balaban J connectivity index is 1.36. The number of hydrogen-bond donors (Lipinski definition) is 1. The summed E-state index contributed by atoms with van der Waals surface area (Å²) in [6.45, 7) is 5.09. The third-order valence-corrected chi connectivity index (χ3v) is 6.66. The number of ether oxygens (including phenoxy) is 1. The molecule has 3 aromatic rings. The first-order valence-electron chi connectivity index (χ1n) is 12.3. The van der Waals surface area contributed by atoms with Gasteiger partial charge in [0, 0.05) is 37.9 Å². The van der Waals surface area contributed by atoms with E-state index < -0.39 is 0 Å². The number of imidazole rings is 1. The van der Waals surface area contributed by atoms with Crippen LogP contribution in [0.4, 0.5) is 0 Å². The minimum atomic E-state index is -0.161. The zero-order chi connectivity index (χ0) is 24.6. The maximum absolute atomic E-state index is 13.2. The number of aromatic nitrogens is 2. The molecule has 1 aromatic heterocycles. The predicted molar refractivity (Wildman–Crippen MR) is 135 cm³/mol. The third-order valence-electron chi connectivity index (χ3n) is 6.66. The lowest BCUT2D eigenvalue weighted by Crippen LogP contribution is -2.50. The average molecular weight is 472 g/mol. The standard InChI is InChI=1S/C28H33N5O2/c1-3-4-13-32-19-24-14-26(35-2)10-9-23(24)15-27(32)28(34)31-12-11-25-17-30-20-33(25)18-22-7-5-21(16-29)6-8-22/h5-10,14,17,20,27H,3-4,11-13,15,18-19H2,1-2H3,(H,31,34)/t27-/m0/s1. The van der Waals surface area contributed by atoms with Gasteiger partial charge >= 0.3 is 0 Å². The highest BCUT2D eigenvalue weighted by Crippen LogP contribution is 2.27. The van der Waals surface area contributed by atoms with Gasteiger partial charge < -0.3 is 14.6 Å². The van der Waals surface area contributed by atoms with E-state index in [2.05, 4.69) is 44.9 Å². The molecule has 0 unspecified atom stereocenters. The second-order valence-electron chi connectivity index (χ2n) is 9.04. The Kier molecular flexibility index (Phi) is 8.17. The van der Waals surface area contributed by atoms with Gasteiger partial charge in [0.25, 0.3) is 0 Å². The first-order chi connectivity index (χ1) is 17.1. The van der Waals surface area contributed by atoms with Crippen molar-refractivity contribution in [2.75, 3.05) is 20.2 Å². The Morgan fingerprint density at radius 2 is 2.06 bits per heavy atom. The second-order valence-corrected chi connectivity index (χ2v) is 9.04. The molecule has 4 rings (SSSR count). The molecule has 2 aromatic carbocycles. The number of nitriles is 1. The number of rotatable bonds is 10. The van der Waals surface area contributed by atoms with Crippen LogP contribution >= 0.6 is 0 Å². The van der Waals surface area contributed by atoms with Crippen LogP contribution in [0.3, 0.4) is 0 Å². The molecular formula is C28H33N5O2. The van der Waals surface area contributed by atoms with Crippen molar-refractivity contribution in [2.45, 2.75) is 51.7 Å². The number of nitrogens with one attached hydrogen (secondary N) is 1. The Bertz CT molecular complexity index is 1180. The second kappa shape index (κ2) is 11.7. The van der Waals surface area contributed by atoms with Crippen LogP contribution in [0, 0.1) is 11.3 Å². The van der Waals surface area contributed by atoms with Crippen molar-refractivity contribution in [1.82, 2.24) is 19.8 Å². The number of fused-ring (bicyclic) bond motifs is 1. The van der Waals surface area contributed by atoms with Gasteiger partial charge in [-0.3, -0.25) is 9.69 Å². The molecule has 0 saturated carbocycles. The van der Waals surface area contributed by atoms with Gasteiger partial charge in [0.2, 0.25) is 5.91 Å². The number of unbranched alkanes of at least 4 members (excludes halogenated alkanes) is 1. The maximum atomic E-state index is 13.2. The molecule has 1 aliphatic heterocycles. The van der Waals surface area contributed by atoms with Gasteiger partial charge in [-0.25, -0.2) is 4.98 Å². The van der Waals surface area contributed by atoms with E-state index in [1.807, 2.05) is 42.9 Å². The largest absolute Gasteiger partial charge is 0.497 e. The molecular weight excluding hydrogens is 438 g/mol. The molecule has 1 aliphatic rings. The highest BCUT2D eigenvalue weighted by atomic mass is 16.5. The summed E-state index contributed by atoms with van der Waals surface area (Å²) in [4.78, 5) is 19.8. The Hall–Kier alpha value is -3.63. The van der Waals surface area contributed by atoms with Crippen LogP contribution in [-0.2, 0) is 30.7 Å². The molecule has 2 heterocycles. The van der Waals surface area contributed by atoms with Crippen molar-refractivity contribution in [1.29, 1.82) is 5.26 Å². The molecule has 0 aliphatic carbocycles. The molecule has 7 heteroatoms. The van der Waals surface area contributed by atoms with E-state index in [1.165, 1.54) is 11.1 Å². The van der Waals surface area contributed by atoms with Gasteiger partial charge in [-0.1, -0.05) is 31.5 Å². The number of methoxy groups -OCH3 is 1. The van der Waals surface area contributed by atoms with Crippen LogP contribution in [0.25, 0.3) is 0 Å². The van der Waals surface area contributed by atoms with Crippen LogP contribution in [0.1, 0.15) is 47.7 Å². The van der Waals surface area contributed by atoms with Crippen molar-refractivity contribution in [2.24, 2.45) is 0 Å². The van der Waals surface area contributed by atoms with Gasteiger partial charge in [-0.2, -0.15) is 5.26 Å². The van der Waals surface area contributed by atoms with Crippen LogP contribution in [0.15, 0.2) is 55.0 Å². The highest BCUT2D eigenvalue weighted by molar-refractivity contribution is 5.82. The van der Waals surface area contributed by atoms with Crippen LogP contribution < -0.4 is 10.1 Å². The minimum absolute atomic E-state index is 0.0840. The summed E-state index contributed by atoms with van der Waals surface area (Å²) in [6.07, 6.45) is 7.25. The van der Waals surface area contributed by atoms with Crippen molar-refractivity contribution in [3.63, 3.8) is 0 Å². The SMILES string of the molecule is CCCCN1Cc2cc(OC)ccc2C[C@H]1C(=O)NCCc1cncn1Cc1ccc(C#N)cc1. The molecule has 35 heavy (non-hydrogen) atoms. The molecule has 1 atom stereocenters. The normalized spacial score (nSPS) is 15.3. The summed E-state index contributed by atoms with van der Waals surface area (Å²) < 4.78 is 7.49. The first-order valence-corrected chi connectivity index (χ1v) is 12.3. The van der Waals surface area contributed by atoms with Gasteiger partial charge in [0.1, 0.15) is 5.75 Å². The molecule has 182 valence electrons. The summed E-state index contributed by atoms with van der Waals surface area (Å²) >= 11 is 0. The quantitative estimate of drug-likeness (QED) is 0.488. The maximum Gasteiger partial charge on any atom is 0.237 e. The van der Waals surface area contributed by atoms with E-state index in [0.29, 0.717) is 31.5 Å². The number of carbonyl (C=O) groups excluding carboxylic acids is 1. The zero-order valence-corrected chi connectivity index (χ0v) is 20.5. The fourth-order valence-electron chi connectivity index (χ4n) is 4.61. The molecule has 0 spiro atoms. The number of carbonyl (C=O) groups is 1. The number of amides is 1. The fraction of sp³-hybridized carbons (Fsp3) is 0.393. The van der Waals surface area contributed by atoms with Gasteiger partial charge in [-0.05, 0) is 60.3 Å². The number of nitrogens with zero attached hydrogens (tertiary/aromatic N) is 4. The summed E-state index contributed by atoms with van der Waals surface area (Å²) in [5.74, 6) is 0.945. The smallest absolute Gasteiger partial charge is 0.237 e. The number of hydrogen-bond acceptors (Lipinski definition) is 5. The molecule has 0 fully saturated rings. The molecule has 1 amide bonds. The lowest BCUT2D eigenvalue weighted by Gasteiger charge is -2.36. The average Bonchev–Trinajstić information content (AvgIpc) is 3.33. The fourth-order valence-corrected chi connectivity index (χ4v) is 4.61. The topological polar surface area (TPSA) is 83.2 Å². The van der Waals surface area contributed by atoms with Gasteiger partial charge in [-0.15, -0.1) is 0 Å². The van der Waals surface area contributed by atoms with Gasteiger partial charge in [0.05, 0.1) is 31.1 Å². The monoisotopic (exact) mass is 471 g/mol. The van der Waals surface area contributed by atoms with Crippen LogP contribution in [0.2, 0.25) is 0 Å². The van der Waals surface area contributed by atoms with E-state index in [9.17, 15) is 4.79 Å². The first kappa shape index (κ1) is 24.5. The van der Waals surface area contributed by atoms with Crippen molar-refractivity contribution in [3.05, 3.63) is 82.9 Å². The lowest BCUT2D eigenvalue weighted by molar-refractivity contribution is -0.127. The van der Waals surface area contributed by atoms with Crippen LogP contribution in [-0.4, -0.2) is 46.6 Å². The summed E-state index contributed by atoms with van der Waals surface area (Å²) in [5.41, 5.74) is 5.30. The van der Waals surface area contributed by atoms with Gasteiger partial charge in [0.15, 0.2) is 0 Å². The molecule has 0 radical (unpaired) electrons. The van der Waals surface area contributed by atoms with Crippen molar-refractivity contribution < 1.29 is 9.53 Å². The lowest BCUT2D eigenvalue weighted by atomic mass is 9.93. The van der Waals surface area contributed by atoms with Crippen LogP contribution in [0.5, 0.6) is 5.75 Å². The van der Waals surface area contributed by atoms with Crippen molar-refractivity contribution in [3.8, 4) is 11.8 Å².